The van der Waals surface area contributed by atoms with Gasteiger partial charge in [-0.05, 0) is 25.0 Å². The molecule has 0 saturated heterocycles. The molecule has 1 aliphatic rings. The topological polar surface area (TPSA) is 76.5 Å². The predicted molar refractivity (Wildman–Crippen MR) is 52.8 cm³/mol. The zero-order valence-electron chi connectivity index (χ0n) is 8.34. The average Bonchev–Trinajstić information content (AvgIpc) is 2.75. The van der Waals surface area contributed by atoms with Crippen molar-refractivity contribution in [1.29, 1.82) is 0 Å². The minimum absolute atomic E-state index is 0.326. The molecule has 0 bridgehead atoms. The highest BCUT2D eigenvalue weighted by molar-refractivity contribution is 5.83. The summed E-state index contributed by atoms with van der Waals surface area (Å²) in [6, 6.07) is 3.44. The maximum Gasteiger partial charge on any atom is 0.317 e. The van der Waals surface area contributed by atoms with Crippen molar-refractivity contribution in [3.8, 4) is 11.7 Å². The second-order valence-corrected chi connectivity index (χ2v) is 3.89. The number of carboxylic acid groups (broad SMARTS) is 1. The Morgan fingerprint density at radius 3 is 2.88 bits per heavy atom. The van der Waals surface area contributed by atoms with Gasteiger partial charge < -0.3 is 13.9 Å². The Bertz CT molecular complexity index is 522. The Morgan fingerprint density at radius 2 is 2.31 bits per heavy atom. The third-order valence-corrected chi connectivity index (χ3v) is 2.87. The maximum atomic E-state index is 11.1. The van der Waals surface area contributed by atoms with Crippen LogP contribution in [0.15, 0.2) is 33.4 Å². The highest BCUT2D eigenvalue weighted by Gasteiger charge is 2.55. The normalized spacial score (nSPS) is 17.2. The smallest absolute Gasteiger partial charge is 0.317 e. The van der Waals surface area contributed by atoms with Gasteiger partial charge in [-0.3, -0.25) is 4.79 Å². The Hall–Kier alpha value is -2.04. The molecule has 16 heavy (non-hydrogen) atoms. The van der Waals surface area contributed by atoms with Crippen LogP contribution in [0.25, 0.3) is 11.7 Å². The van der Waals surface area contributed by atoms with Crippen molar-refractivity contribution in [2.45, 2.75) is 18.3 Å². The zero-order valence-corrected chi connectivity index (χ0v) is 8.34. The minimum atomic E-state index is -0.852. The van der Waals surface area contributed by atoms with E-state index in [0.29, 0.717) is 30.3 Å². The van der Waals surface area contributed by atoms with Gasteiger partial charge >= 0.3 is 5.97 Å². The van der Waals surface area contributed by atoms with E-state index in [2.05, 4.69) is 4.98 Å². The van der Waals surface area contributed by atoms with E-state index in [9.17, 15) is 4.79 Å². The van der Waals surface area contributed by atoms with Gasteiger partial charge in [0.2, 0.25) is 0 Å². The van der Waals surface area contributed by atoms with Gasteiger partial charge in [0.05, 0.1) is 12.5 Å². The van der Waals surface area contributed by atoms with Gasteiger partial charge in [-0.2, -0.15) is 0 Å². The fourth-order valence-corrected chi connectivity index (χ4v) is 1.70. The summed E-state index contributed by atoms with van der Waals surface area (Å²) >= 11 is 0. The van der Waals surface area contributed by atoms with Crippen LogP contribution in [0, 0.1) is 0 Å². The predicted octanol–water partition coefficient (Wildman–Crippen LogP) is 2.05. The number of nitrogens with zero attached hydrogens (tertiary/aromatic N) is 1. The third-order valence-electron chi connectivity index (χ3n) is 2.87. The molecule has 1 fully saturated rings. The van der Waals surface area contributed by atoms with Gasteiger partial charge in [0, 0.05) is 0 Å². The second-order valence-electron chi connectivity index (χ2n) is 3.89. The molecule has 0 radical (unpaired) electrons. The first-order chi connectivity index (χ1) is 7.72. The Kier molecular flexibility index (Phi) is 1.71. The fraction of sp³-hybridized carbons (Fsp3) is 0.273. The quantitative estimate of drug-likeness (QED) is 0.854. The summed E-state index contributed by atoms with van der Waals surface area (Å²) in [6.45, 7) is 0. The van der Waals surface area contributed by atoms with Crippen molar-refractivity contribution in [3.05, 3.63) is 30.4 Å². The van der Waals surface area contributed by atoms with Crippen LogP contribution in [-0.2, 0) is 10.2 Å². The van der Waals surface area contributed by atoms with E-state index in [0.717, 1.165) is 0 Å². The molecule has 1 aliphatic carbocycles. The number of carbonyl (C=O) groups is 1. The van der Waals surface area contributed by atoms with E-state index in [1.54, 1.807) is 12.1 Å². The number of aliphatic carboxylic acids is 1. The lowest BCUT2D eigenvalue weighted by Crippen LogP contribution is -2.18. The molecule has 82 valence electrons. The van der Waals surface area contributed by atoms with Crippen molar-refractivity contribution in [1.82, 2.24) is 4.98 Å². The first-order valence-corrected chi connectivity index (χ1v) is 4.96. The third kappa shape index (κ3) is 1.18. The monoisotopic (exact) mass is 219 g/mol. The number of carboxylic acids is 1. The number of hydrogen-bond donors (Lipinski definition) is 1. The largest absolute Gasteiger partial charge is 0.480 e. The Balaban J connectivity index is 1.98. The lowest BCUT2D eigenvalue weighted by molar-refractivity contribution is -0.140. The van der Waals surface area contributed by atoms with Gasteiger partial charge in [0.1, 0.15) is 11.2 Å². The zero-order chi connectivity index (χ0) is 11.2. The summed E-state index contributed by atoms with van der Waals surface area (Å²) in [5.41, 5.74) is -0.849. The number of furan rings is 1. The maximum absolute atomic E-state index is 11.1. The Morgan fingerprint density at radius 1 is 1.50 bits per heavy atom. The summed E-state index contributed by atoms with van der Waals surface area (Å²) in [5, 5.41) is 9.09. The van der Waals surface area contributed by atoms with Crippen LogP contribution >= 0.6 is 0 Å². The second kappa shape index (κ2) is 2.98. The van der Waals surface area contributed by atoms with Crippen molar-refractivity contribution < 1.29 is 18.7 Å². The summed E-state index contributed by atoms with van der Waals surface area (Å²) in [7, 11) is 0. The molecule has 0 aliphatic heterocycles. The van der Waals surface area contributed by atoms with E-state index in [4.69, 9.17) is 13.9 Å². The molecular formula is C11H9NO4. The lowest BCUT2D eigenvalue weighted by atomic mass is 10.1. The standard InChI is InChI=1S/C11H9NO4/c13-10(14)11(3-4-11)8-6-12-9(16-8)7-2-1-5-15-7/h1-2,5-6H,3-4H2,(H,13,14). The molecular weight excluding hydrogens is 210 g/mol. The summed E-state index contributed by atoms with van der Waals surface area (Å²) < 4.78 is 10.6. The summed E-state index contributed by atoms with van der Waals surface area (Å²) in [5.74, 6) is 0.390. The van der Waals surface area contributed by atoms with E-state index >= 15 is 0 Å². The number of aromatic nitrogens is 1. The van der Waals surface area contributed by atoms with E-state index in [-0.39, 0.29) is 0 Å². The molecule has 0 unspecified atom stereocenters. The van der Waals surface area contributed by atoms with Crippen LogP contribution in [0.1, 0.15) is 18.6 Å². The molecule has 2 aromatic heterocycles. The molecule has 0 aromatic carbocycles. The van der Waals surface area contributed by atoms with E-state index in [1.165, 1.54) is 12.5 Å². The molecule has 0 amide bonds. The molecule has 0 spiro atoms. The molecule has 1 saturated carbocycles. The van der Waals surface area contributed by atoms with Crippen LogP contribution in [0.5, 0.6) is 0 Å². The van der Waals surface area contributed by atoms with Crippen molar-refractivity contribution >= 4 is 5.97 Å². The molecule has 5 nitrogen and oxygen atoms in total. The van der Waals surface area contributed by atoms with E-state index < -0.39 is 11.4 Å². The van der Waals surface area contributed by atoms with Crippen LogP contribution in [0.2, 0.25) is 0 Å². The van der Waals surface area contributed by atoms with Crippen molar-refractivity contribution in [3.63, 3.8) is 0 Å². The van der Waals surface area contributed by atoms with Crippen LogP contribution in [0.4, 0.5) is 0 Å². The number of rotatable bonds is 3. The van der Waals surface area contributed by atoms with Crippen molar-refractivity contribution in [2.24, 2.45) is 0 Å². The number of oxazole rings is 1. The first kappa shape index (κ1) is 9.21. The molecule has 2 aromatic rings. The van der Waals surface area contributed by atoms with Crippen molar-refractivity contribution in [2.75, 3.05) is 0 Å². The SMILES string of the molecule is O=C(O)C1(c2cnc(-c3ccco3)o2)CC1. The van der Waals surface area contributed by atoms with Gasteiger partial charge in [-0.25, -0.2) is 4.98 Å². The Labute approximate surface area is 90.7 Å². The minimum Gasteiger partial charge on any atom is -0.480 e. The van der Waals surface area contributed by atoms with Gasteiger partial charge in [0.25, 0.3) is 5.89 Å². The molecule has 5 heteroatoms. The van der Waals surface area contributed by atoms with Gasteiger partial charge in [0.15, 0.2) is 5.76 Å². The lowest BCUT2D eigenvalue weighted by Gasteiger charge is -2.03. The van der Waals surface area contributed by atoms with Crippen LogP contribution < -0.4 is 0 Å². The van der Waals surface area contributed by atoms with Gasteiger partial charge in [-0.1, -0.05) is 0 Å². The molecule has 3 rings (SSSR count). The highest BCUT2D eigenvalue weighted by atomic mass is 16.4. The number of hydrogen-bond acceptors (Lipinski definition) is 4. The molecule has 1 N–H and O–H groups in total. The summed E-state index contributed by atoms with van der Waals surface area (Å²) in [6.07, 6.45) is 4.20. The van der Waals surface area contributed by atoms with Crippen LogP contribution in [-0.4, -0.2) is 16.1 Å². The van der Waals surface area contributed by atoms with E-state index in [1.807, 2.05) is 0 Å². The molecule has 0 atom stereocenters. The van der Waals surface area contributed by atoms with Crippen LogP contribution in [0.3, 0.4) is 0 Å². The first-order valence-electron chi connectivity index (χ1n) is 4.96. The average molecular weight is 219 g/mol. The molecule has 2 heterocycles. The summed E-state index contributed by atoms with van der Waals surface area (Å²) in [4.78, 5) is 15.1. The van der Waals surface area contributed by atoms with Gasteiger partial charge in [-0.15, -0.1) is 0 Å². The fourth-order valence-electron chi connectivity index (χ4n) is 1.70. The highest BCUT2D eigenvalue weighted by Crippen LogP contribution is 2.49.